The molecule has 1 aromatic carbocycles. The van der Waals surface area contributed by atoms with E-state index in [1.165, 1.54) is 0 Å². The molecule has 6 nitrogen and oxygen atoms in total. The van der Waals surface area contributed by atoms with Crippen molar-refractivity contribution in [3.63, 3.8) is 0 Å². The van der Waals surface area contributed by atoms with Crippen LogP contribution >= 0.6 is 23.2 Å². The Labute approximate surface area is 142 Å². The van der Waals surface area contributed by atoms with Crippen LogP contribution in [0.2, 0.25) is 10.0 Å². The Hall–Kier alpha value is -2.39. The molecule has 11 heteroatoms. The first-order valence-corrected chi connectivity index (χ1v) is 6.76. The van der Waals surface area contributed by atoms with Crippen LogP contribution in [0.3, 0.4) is 0 Å². The fourth-order valence-electron chi connectivity index (χ4n) is 1.74. The smallest absolute Gasteiger partial charge is 0.449 e. The van der Waals surface area contributed by atoms with Gasteiger partial charge in [-0.2, -0.15) is 8.78 Å². The Bertz CT molecular complexity index is 805. The third-order valence-electron chi connectivity index (χ3n) is 2.67. The Morgan fingerprint density at radius 1 is 1.33 bits per heavy atom. The van der Waals surface area contributed by atoms with E-state index in [1.807, 2.05) is 0 Å². The molecule has 0 bridgehead atoms. The number of halogens is 5. The molecule has 24 heavy (non-hydrogen) atoms. The monoisotopic (exact) mass is 382 g/mol. The van der Waals surface area contributed by atoms with E-state index in [9.17, 15) is 18.0 Å². The van der Waals surface area contributed by atoms with Crippen LogP contribution in [0.15, 0.2) is 18.2 Å². The molecule has 0 fully saturated rings. The average molecular weight is 383 g/mol. The third-order valence-corrected chi connectivity index (χ3v) is 3.35. The molecule has 0 saturated heterocycles. The van der Waals surface area contributed by atoms with E-state index in [1.54, 1.807) is 0 Å². The van der Waals surface area contributed by atoms with Crippen molar-refractivity contribution in [1.29, 1.82) is 0 Å². The summed E-state index contributed by atoms with van der Waals surface area (Å²) in [5.41, 5.74) is 4.88. The number of alkyl halides is 2. The number of ether oxygens (including phenoxy) is 2. The predicted molar refractivity (Wildman–Crippen MR) is 79.3 cm³/mol. The van der Waals surface area contributed by atoms with Gasteiger partial charge in [0.2, 0.25) is 5.88 Å². The highest BCUT2D eigenvalue weighted by atomic mass is 35.5. The first kappa shape index (κ1) is 18.0. The van der Waals surface area contributed by atoms with Gasteiger partial charge >= 0.3 is 12.8 Å². The van der Waals surface area contributed by atoms with E-state index < -0.39 is 30.2 Å². The van der Waals surface area contributed by atoms with Gasteiger partial charge in [-0.25, -0.2) is 14.2 Å². The third kappa shape index (κ3) is 3.74. The van der Waals surface area contributed by atoms with Crippen LogP contribution in [0, 0.1) is 5.82 Å². The van der Waals surface area contributed by atoms with E-state index in [4.69, 9.17) is 34.0 Å². The summed E-state index contributed by atoms with van der Waals surface area (Å²) >= 11 is 11.4. The molecule has 1 aromatic heterocycles. The summed E-state index contributed by atoms with van der Waals surface area (Å²) in [7, 11) is 0. The van der Waals surface area contributed by atoms with E-state index >= 15 is 0 Å². The van der Waals surface area contributed by atoms with E-state index in [0.717, 1.165) is 18.2 Å². The van der Waals surface area contributed by atoms with Crippen molar-refractivity contribution in [3.8, 4) is 22.9 Å². The number of nitrogens with zero attached hydrogens (tertiary/aromatic N) is 1. The second kappa shape index (κ2) is 7.02. The van der Waals surface area contributed by atoms with Crippen LogP contribution in [-0.4, -0.2) is 22.9 Å². The molecule has 0 aliphatic carbocycles. The normalized spacial score (nSPS) is 10.8. The minimum Gasteiger partial charge on any atom is -0.449 e. The summed E-state index contributed by atoms with van der Waals surface area (Å²) in [4.78, 5) is 14.3. The number of nitrogens with two attached hydrogens (primary N) is 1. The molecule has 3 N–H and O–H groups in total. The lowest BCUT2D eigenvalue weighted by Gasteiger charge is -2.12. The van der Waals surface area contributed by atoms with Gasteiger partial charge in [0.1, 0.15) is 5.02 Å². The minimum absolute atomic E-state index is 0.163. The van der Waals surface area contributed by atoms with E-state index in [0.29, 0.717) is 0 Å². The molecule has 2 rings (SSSR count). The fourth-order valence-corrected chi connectivity index (χ4v) is 2.07. The van der Waals surface area contributed by atoms with Crippen molar-refractivity contribution < 1.29 is 32.5 Å². The first-order valence-electron chi connectivity index (χ1n) is 6.00. The van der Waals surface area contributed by atoms with E-state index in [2.05, 4.69) is 14.5 Å². The lowest BCUT2D eigenvalue weighted by atomic mass is 10.1. The van der Waals surface area contributed by atoms with E-state index in [-0.39, 0.29) is 27.0 Å². The van der Waals surface area contributed by atoms with Gasteiger partial charge in [0.05, 0.1) is 16.4 Å². The Balaban J connectivity index is 2.60. The van der Waals surface area contributed by atoms with Crippen LogP contribution in [0.1, 0.15) is 0 Å². The number of nitrogen functional groups attached to an aromatic ring is 1. The number of hydrogen-bond donors (Lipinski definition) is 2. The SMILES string of the molecule is Nc1cc(-c2ccc(Cl)c(OC(F)F)c2F)nc(OC(=O)O)c1Cl. The fraction of sp³-hybridized carbons (Fsp3) is 0.0769. The van der Waals surface area contributed by atoms with Crippen molar-refractivity contribution in [2.75, 3.05) is 5.73 Å². The van der Waals surface area contributed by atoms with Crippen LogP contribution in [0.25, 0.3) is 11.3 Å². The van der Waals surface area contributed by atoms with Gasteiger partial charge in [-0.3, -0.25) is 0 Å². The highest BCUT2D eigenvalue weighted by molar-refractivity contribution is 6.34. The number of rotatable bonds is 4. The summed E-state index contributed by atoms with van der Waals surface area (Å²) in [6, 6.07) is 3.33. The molecule has 2 aromatic rings. The van der Waals surface area contributed by atoms with Gasteiger partial charge in [-0.05, 0) is 18.2 Å². The Morgan fingerprint density at radius 2 is 2.00 bits per heavy atom. The minimum atomic E-state index is -3.30. The van der Waals surface area contributed by atoms with Gasteiger partial charge in [0, 0.05) is 5.56 Å². The molecule has 1 heterocycles. The van der Waals surface area contributed by atoms with Crippen molar-refractivity contribution in [2.24, 2.45) is 0 Å². The van der Waals surface area contributed by atoms with Crippen molar-refractivity contribution in [1.82, 2.24) is 4.98 Å². The number of carbonyl (C=O) groups is 1. The largest absolute Gasteiger partial charge is 0.512 e. The zero-order valence-electron chi connectivity index (χ0n) is 11.4. The molecule has 0 aliphatic heterocycles. The number of benzene rings is 1. The standard InChI is InChI=1S/C13H7Cl2F3N2O4/c14-5-2-1-4(9(16)10(5)23-12(17)18)7-3-6(19)8(15)11(20-7)24-13(21)22/h1-3,12H,(H2,19,20)(H,21,22). The zero-order valence-corrected chi connectivity index (χ0v) is 12.9. The summed E-state index contributed by atoms with van der Waals surface area (Å²) in [5.74, 6) is -2.72. The zero-order chi connectivity index (χ0) is 18.0. The van der Waals surface area contributed by atoms with Gasteiger partial charge in [0.25, 0.3) is 0 Å². The lowest BCUT2D eigenvalue weighted by molar-refractivity contribution is -0.0520. The molecular formula is C13H7Cl2F3N2O4. The maximum atomic E-state index is 14.4. The highest BCUT2D eigenvalue weighted by Crippen LogP contribution is 2.38. The number of carboxylic acid groups (broad SMARTS) is 1. The quantitative estimate of drug-likeness (QED) is 0.759. The second-order valence-electron chi connectivity index (χ2n) is 4.20. The maximum Gasteiger partial charge on any atom is 0.512 e. The molecule has 0 radical (unpaired) electrons. The van der Waals surface area contributed by atoms with Crippen LogP contribution in [0.4, 0.5) is 23.7 Å². The van der Waals surface area contributed by atoms with Gasteiger partial charge < -0.3 is 20.3 Å². The lowest BCUT2D eigenvalue weighted by Crippen LogP contribution is -2.08. The Kier molecular flexibility index (Phi) is 5.25. The maximum absolute atomic E-state index is 14.4. The number of pyridine rings is 1. The molecule has 128 valence electrons. The first-order chi connectivity index (χ1) is 11.2. The van der Waals surface area contributed by atoms with Crippen molar-refractivity contribution in [3.05, 3.63) is 34.1 Å². The van der Waals surface area contributed by atoms with Crippen LogP contribution in [0.5, 0.6) is 11.6 Å². The van der Waals surface area contributed by atoms with Crippen LogP contribution < -0.4 is 15.2 Å². The molecule has 0 saturated carbocycles. The Morgan fingerprint density at radius 3 is 2.58 bits per heavy atom. The topological polar surface area (TPSA) is 94.7 Å². The van der Waals surface area contributed by atoms with Gasteiger partial charge in [-0.1, -0.05) is 23.2 Å². The van der Waals surface area contributed by atoms with Crippen molar-refractivity contribution in [2.45, 2.75) is 6.61 Å². The van der Waals surface area contributed by atoms with Crippen molar-refractivity contribution >= 4 is 35.0 Å². The summed E-state index contributed by atoms with van der Waals surface area (Å²) in [6.07, 6.45) is -1.72. The molecule has 0 amide bonds. The molecule has 0 atom stereocenters. The average Bonchev–Trinajstić information content (AvgIpc) is 2.47. The summed E-state index contributed by atoms with van der Waals surface area (Å²) < 4.78 is 47.5. The predicted octanol–water partition coefficient (Wildman–Crippen LogP) is 4.43. The molecular weight excluding hydrogens is 376 g/mol. The highest BCUT2D eigenvalue weighted by Gasteiger charge is 2.21. The molecule has 0 unspecified atom stereocenters. The molecule has 0 spiro atoms. The second-order valence-corrected chi connectivity index (χ2v) is 4.99. The number of hydrogen-bond acceptors (Lipinski definition) is 5. The van der Waals surface area contributed by atoms with Gasteiger partial charge in [0.15, 0.2) is 11.6 Å². The van der Waals surface area contributed by atoms with Gasteiger partial charge in [-0.15, -0.1) is 0 Å². The summed E-state index contributed by atoms with van der Waals surface area (Å²) in [6.45, 7) is -3.30. The number of aromatic nitrogens is 1. The molecule has 0 aliphatic rings. The number of anilines is 1. The van der Waals surface area contributed by atoms with Crippen LogP contribution in [-0.2, 0) is 0 Å². The summed E-state index contributed by atoms with van der Waals surface area (Å²) in [5, 5.41) is 7.93.